The van der Waals surface area contributed by atoms with E-state index in [0.717, 1.165) is 6.42 Å². The average molecular weight is 329 g/mol. The van der Waals surface area contributed by atoms with E-state index >= 15 is 0 Å². The number of carbonyl (C=O) groups is 2. The summed E-state index contributed by atoms with van der Waals surface area (Å²) >= 11 is 3.29. The molecule has 0 radical (unpaired) electrons. The van der Waals surface area contributed by atoms with Crippen LogP contribution >= 0.6 is 15.9 Å². The summed E-state index contributed by atoms with van der Waals surface area (Å²) in [5, 5.41) is 11.7. The molecule has 0 aliphatic rings. The van der Waals surface area contributed by atoms with E-state index in [4.69, 9.17) is 5.11 Å². The zero-order valence-electron chi connectivity index (χ0n) is 10.9. The van der Waals surface area contributed by atoms with Gasteiger partial charge in [0.2, 0.25) is 0 Å². The molecule has 6 heteroatoms. The van der Waals surface area contributed by atoms with Crippen LogP contribution in [0.15, 0.2) is 22.7 Å². The highest BCUT2D eigenvalue weighted by molar-refractivity contribution is 9.10. The highest BCUT2D eigenvalue weighted by atomic mass is 79.9. The maximum atomic E-state index is 12.0. The number of hydrogen-bond acceptors (Lipinski definition) is 2. The minimum Gasteiger partial charge on any atom is -0.478 e. The van der Waals surface area contributed by atoms with Crippen LogP contribution in [-0.2, 0) is 0 Å². The highest BCUT2D eigenvalue weighted by Gasteiger charge is 2.13. The van der Waals surface area contributed by atoms with Crippen LogP contribution in [0, 0.1) is 0 Å². The molecule has 19 heavy (non-hydrogen) atoms. The molecule has 0 aromatic heterocycles. The topological polar surface area (TPSA) is 69.6 Å². The quantitative estimate of drug-likeness (QED) is 0.870. The van der Waals surface area contributed by atoms with Gasteiger partial charge in [-0.3, -0.25) is 0 Å². The Morgan fingerprint density at radius 3 is 2.58 bits per heavy atom. The number of carbonyl (C=O) groups excluding carboxylic acids is 1. The van der Waals surface area contributed by atoms with Crippen molar-refractivity contribution >= 4 is 33.6 Å². The minimum absolute atomic E-state index is 0.136. The lowest BCUT2D eigenvalue weighted by atomic mass is 10.2. The molecule has 0 fully saturated rings. The summed E-state index contributed by atoms with van der Waals surface area (Å²) in [7, 11) is 0. The molecule has 0 bridgehead atoms. The first kappa shape index (κ1) is 15.5. The summed E-state index contributed by atoms with van der Waals surface area (Å²) < 4.78 is 0.651. The first-order valence-electron chi connectivity index (χ1n) is 6.08. The minimum atomic E-state index is -1.02. The van der Waals surface area contributed by atoms with Crippen LogP contribution < -0.4 is 5.32 Å². The van der Waals surface area contributed by atoms with E-state index in [9.17, 15) is 9.59 Å². The Bertz CT molecular complexity index is 477. The normalized spacial score (nSPS) is 10.1. The van der Waals surface area contributed by atoms with Crippen molar-refractivity contribution in [2.75, 3.05) is 18.4 Å². The number of carboxylic acid groups (broad SMARTS) is 1. The van der Waals surface area contributed by atoms with Crippen LogP contribution in [-0.4, -0.2) is 35.1 Å². The molecule has 0 saturated heterocycles. The maximum absolute atomic E-state index is 12.0. The number of halogens is 1. The second kappa shape index (κ2) is 7.13. The van der Waals surface area contributed by atoms with E-state index in [2.05, 4.69) is 21.2 Å². The molecule has 0 unspecified atom stereocenters. The SMILES string of the molecule is CCCN(CC)C(=O)Nc1cc(C(=O)O)ccc1Br. The van der Waals surface area contributed by atoms with E-state index in [1.165, 1.54) is 12.1 Å². The predicted octanol–water partition coefficient (Wildman–Crippen LogP) is 3.41. The number of aromatic carboxylic acids is 1. The zero-order chi connectivity index (χ0) is 14.4. The molecule has 2 amide bonds. The molecule has 0 spiro atoms. The lowest BCUT2D eigenvalue weighted by Gasteiger charge is -2.21. The number of carboxylic acids is 1. The Kier molecular flexibility index (Phi) is 5.82. The average Bonchev–Trinajstić information content (AvgIpc) is 2.38. The number of urea groups is 1. The van der Waals surface area contributed by atoms with E-state index in [1.807, 2.05) is 13.8 Å². The van der Waals surface area contributed by atoms with Gasteiger partial charge in [-0.05, 0) is 47.5 Å². The second-order valence-corrected chi connectivity index (χ2v) is 4.86. The summed E-state index contributed by atoms with van der Waals surface area (Å²) in [5.41, 5.74) is 0.594. The predicted molar refractivity (Wildman–Crippen MR) is 77.7 cm³/mol. The van der Waals surface area contributed by atoms with Crippen molar-refractivity contribution in [2.45, 2.75) is 20.3 Å². The van der Waals surface area contributed by atoms with E-state index in [1.54, 1.807) is 11.0 Å². The van der Waals surface area contributed by atoms with Gasteiger partial charge in [0.15, 0.2) is 0 Å². The third kappa shape index (κ3) is 4.24. The van der Waals surface area contributed by atoms with Gasteiger partial charge in [-0.1, -0.05) is 6.92 Å². The Labute approximate surface area is 120 Å². The van der Waals surface area contributed by atoms with Gasteiger partial charge >= 0.3 is 12.0 Å². The first-order valence-corrected chi connectivity index (χ1v) is 6.87. The van der Waals surface area contributed by atoms with Gasteiger partial charge in [0.05, 0.1) is 11.3 Å². The molecule has 0 saturated carbocycles. The number of amides is 2. The van der Waals surface area contributed by atoms with Crippen molar-refractivity contribution in [2.24, 2.45) is 0 Å². The number of benzene rings is 1. The largest absolute Gasteiger partial charge is 0.478 e. The van der Waals surface area contributed by atoms with Crippen molar-refractivity contribution in [1.29, 1.82) is 0 Å². The van der Waals surface area contributed by atoms with Gasteiger partial charge in [0.1, 0.15) is 0 Å². The zero-order valence-corrected chi connectivity index (χ0v) is 12.5. The lowest BCUT2D eigenvalue weighted by Crippen LogP contribution is -2.35. The van der Waals surface area contributed by atoms with Gasteiger partial charge in [0, 0.05) is 17.6 Å². The molecule has 104 valence electrons. The van der Waals surface area contributed by atoms with Crippen LogP contribution in [0.5, 0.6) is 0 Å². The summed E-state index contributed by atoms with van der Waals surface area (Å²) in [5.74, 6) is -1.02. The van der Waals surface area contributed by atoms with Crippen molar-refractivity contribution in [1.82, 2.24) is 4.90 Å². The number of nitrogens with one attached hydrogen (secondary N) is 1. The van der Waals surface area contributed by atoms with Crippen LogP contribution in [0.25, 0.3) is 0 Å². The molecule has 0 aliphatic heterocycles. The molecular weight excluding hydrogens is 312 g/mol. The second-order valence-electron chi connectivity index (χ2n) is 4.01. The van der Waals surface area contributed by atoms with Crippen LogP contribution in [0.1, 0.15) is 30.6 Å². The van der Waals surface area contributed by atoms with Crippen molar-refractivity contribution in [3.05, 3.63) is 28.2 Å². The number of anilines is 1. The van der Waals surface area contributed by atoms with Crippen molar-refractivity contribution < 1.29 is 14.7 Å². The first-order chi connectivity index (χ1) is 8.99. The van der Waals surface area contributed by atoms with Gasteiger partial charge < -0.3 is 15.3 Å². The Morgan fingerprint density at radius 2 is 2.05 bits per heavy atom. The molecule has 1 aromatic carbocycles. The summed E-state index contributed by atoms with van der Waals surface area (Å²) in [6.45, 7) is 5.17. The monoisotopic (exact) mass is 328 g/mol. The fourth-order valence-electron chi connectivity index (χ4n) is 1.62. The molecule has 2 N–H and O–H groups in total. The molecule has 0 atom stereocenters. The summed E-state index contributed by atoms with van der Waals surface area (Å²) in [6, 6.07) is 4.29. The van der Waals surface area contributed by atoms with Crippen LogP contribution in [0.2, 0.25) is 0 Å². The Morgan fingerprint density at radius 1 is 1.37 bits per heavy atom. The molecule has 1 aromatic rings. The van der Waals surface area contributed by atoms with Crippen LogP contribution in [0.4, 0.5) is 10.5 Å². The van der Waals surface area contributed by atoms with Crippen LogP contribution in [0.3, 0.4) is 0 Å². The number of nitrogens with zero attached hydrogens (tertiary/aromatic N) is 1. The molecule has 1 rings (SSSR count). The fraction of sp³-hybridized carbons (Fsp3) is 0.385. The smallest absolute Gasteiger partial charge is 0.335 e. The van der Waals surface area contributed by atoms with Gasteiger partial charge in [-0.25, -0.2) is 9.59 Å². The van der Waals surface area contributed by atoms with Gasteiger partial charge in [-0.15, -0.1) is 0 Å². The van der Waals surface area contributed by atoms with E-state index in [-0.39, 0.29) is 11.6 Å². The Balaban J connectivity index is 2.89. The van der Waals surface area contributed by atoms with Gasteiger partial charge in [-0.2, -0.15) is 0 Å². The summed E-state index contributed by atoms with van der Waals surface area (Å²) in [4.78, 5) is 24.6. The standard InChI is InChI=1S/C13H17BrN2O3/c1-3-7-16(4-2)13(19)15-11-8-9(12(17)18)5-6-10(11)14/h5-6,8H,3-4,7H2,1-2H3,(H,15,19)(H,17,18). The van der Waals surface area contributed by atoms with Crippen molar-refractivity contribution in [3.63, 3.8) is 0 Å². The third-order valence-electron chi connectivity index (χ3n) is 2.62. The number of rotatable bonds is 5. The molecular formula is C13H17BrN2O3. The fourth-order valence-corrected chi connectivity index (χ4v) is 1.97. The maximum Gasteiger partial charge on any atom is 0.335 e. The lowest BCUT2D eigenvalue weighted by molar-refractivity contribution is 0.0697. The molecule has 5 nitrogen and oxygen atoms in total. The molecule has 0 heterocycles. The third-order valence-corrected chi connectivity index (χ3v) is 3.31. The molecule has 0 aliphatic carbocycles. The van der Waals surface area contributed by atoms with E-state index in [0.29, 0.717) is 23.2 Å². The summed E-state index contributed by atoms with van der Waals surface area (Å²) in [6.07, 6.45) is 0.873. The van der Waals surface area contributed by atoms with Crippen molar-refractivity contribution in [3.8, 4) is 0 Å². The number of hydrogen-bond donors (Lipinski definition) is 2. The highest BCUT2D eigenvalue weighted by Crippen LogP contribution is 2.24. The van der Waals surface area contributed by atoms with Gasteiger partial charge in [0.25, 0.3) is 0 Å². The Hall–Kier alpha value is -1.56. The van der Waals surface area contributed by atoms with E-state index < -0.39 is 5.97 Å².